The fourth-order valence-corrected chi connectivity index (χ4v) is 7.24. The van der Waals surface area contributed by atoms with E-state index in [1.807, 2.05) is 13.8 Å². The third kappa shape index (κ3) is 14.9. The summed E-state index contributed by atoms with van der Waals surface area (Å²) >= 11 is 0. The van der Waals surface area contributed by atoms with Crippen molar-refractivity contribution in [3.05, 3.63) is 24.2 Å². The van der Waals surface area contributed by atoms with Crippen LogP contribution in [0.3, 0.4) is 0 Å². The molecule has 0 amide bonds. The molecule has 294 valence electrons. The number of rotatable bonds is 29. The normalized spacial score (nSPS) is 22.6. The minimum absolute atomic E-state index is 0.217. The molecule has 0 radical (unpaired) electrons. The number of hydrogen-bond acceptors (Lipinski definition) is 11. The minimum Gasteiger partial charge on any atom is -0.387 e. The summed E-state index contributed by atoms with van der Waals surface area (Å²) in [6.07, 6.45) is 17.7. The van der Waals surface area contributed by atoms with Gasteiger partial charge in [0.1, 0.15) is 41.9 Å². The Hall–Kier alpha value is -1.67. The van der Waals surface area contributed by atoms with Crippen LogP contribution in [-0.2, 0) is 33.4 Å². The quantitative estimate of drug-likeness (QED) is 0.0491. The van der Waals surface area contributed by atoms with Crippen LogP contribution in [0.25, 0.3) is 5.52 Å². The number of aliphatic hydroxyl groups is 2. The summed E-state index contributed by atoms with van der Waals surface area (Å²) in [6.45, 7) is 8.42. The van der Waals surface area contributed by atoms with Crippen LogP contribution in [0, 0.1) is 5.92 Å². The zero-order valence-electron chi connectivity index (χ0n) is 31.6. The Labute approximate surface area is 305 Å². The molecule has 51 heavy (non-hydrogen) atoms. The number of aliphatic hydroxyl groups excluding tert-OH is 2. The Bertz CT molecular complexity index is 1280. The lowest BCUT2D eigenvalue weighted by atomic mass is 9.93. The number of anilines is 1. The number of hydrogen-bond donors (Lipinski definition) is 4. The maximum absolute atomic E-state index is 12.8. The van der Waals surface area contributed by atoms with Gasteiger partial charge in [-0.25, -0.2) is 14.1 Å². The number of nitrogens with two attached hydrogens (primary N) is 1. The number of unbranched alkanes of at least 4 members (excludes halogenated alkanes) is 15. The monoisotopic (exact) mass is 742 g/mol. The third-order valence-electron chi connectivity index (χ3n) is 9.59. The van der Waals surface area contributed by atoms with Crippen molar-refractivity contribution in [2.45, 2.75) is 160 Å². The average molecular weight is 743 g/mol. The van der Waals surface area contributed by atoms with E-state index in [9.17, 15) is 19.7 Å². The molecule has 1 unspecified atom stereocenters. The number of phosphoric acid groups is 1. The summed E-state index contributed by atoms with van der Waals surface area (Å²) in [5.41, 5.74) is 5.45. The molecule has 6 atom stereocenters. The van der Waals surface area contributed by atoms with Crippen molar-refractivity contribution < 1.29 is 42.9 Å². The van der Waals surface area contributed by atoms with Gasteiger partial charge < -0.3 is 35.1 Å². The maximum Gasteiger partial charge on any atom is 0.472 e. The number of aromatic nitrogens is 3. The van der Waals surface area contributed by atoms with Gasteiger partial charge in [-0.05, 0) is 31.4 Å². The second-order valence-electron chi connectivity index (χ2n) is 14.6. The molecule has 1 fully saturated rings. The zero-order valence-corrected chi connectivity index (χ0v) is 32.5. The Morgan fingerprint density at radius 3 is 2.08 bits per heavy atom. The van der Waals surface area contributed by atoms with Crippen LogP contribution in [0.15, 0.2) is 18.5 Å². The molecule has 1 aliphatic rings. The molecule has 0 aliphatic carbocycles. The standard InChI is InChI=1S/C37H67N4O9P/c1-5-6-7-8-9-10-11-12-13-14-15-16-17-18-19-20-23-46-25-30(47-24-29(2)3)26-48-51(44,45)49-27-32-34(42)35(43)37(4,50-32)33-22-21-31-36(38)39-28-40-41(31)33/h21-22,28-30,32,34-35,42-43H,5-20,23-27H2,1-4H3,(H,44,45)(H2,38,39,40)/t30-,32-,34-,35-,37+/m1/s1. The topological polar surface area (TPSA) is 180 Å². The summed E-state index contributed by atoms with van der Waals surface area (Å²) in [4.78, 5) is 14.4. The van der Waals surface area contributed by atoms with Crippen molar-refractivity contribution in [1.29, 1.82) is 0 Å². The molecule has 13 nitrogen and oxygen atoms in total. The van der Waals surface area contributed by atoms with Gasteiger partial charge in [0.15, 0.2) is 5.82 Å². The number of fused-ring (bicyclic) bond motifs is 1. The van der Waals surface area contributed by atoms with Gasteiger partial charge in [0.25, 0.3) is 0 Å². The van der Waals surface area contributed by atoms with Crippen LogP contribution in [-0.4, -0.2) is 87.2 Å². The number of nitrogen functional groups attached to an aromatic ring is 1. The summed E-state index contributed by atoms with van der Waals surface area (Å²) in [6, 6.07) is 3.35. The Morgan fingerprint density at radius 2 is 1.49 bits per heavy atom. The average Bonchev–Trinajstić information content (AvgIpc) is 3.64. The highest BCUT2D eigenvalue weighted by molar-refractivity contribution is 7.47. The van der Waals surface area contributed by atoms with Crippen LogP contribution in [0.1, 0.15) is 136 Å². The van der Waals surface area contributed by atoms with Gasteiger partial charge in [-0.2, -0.15) is 5.10 Å². The molecular formula is C37H67N4O9P. The predicted molar refractivity (Wildman–Crippen MR) is 198 cm³/mol. The first kappa shape index (κ1) is 43.7. The van der Waals surface area contributed by atoms with Gasteiger partial charge in [0, 0.05) is 13.2 Å². The van der Waals surface area contributed by atoms with E-state index >= 15 is 0 Å². The van der Waals surface area contributed by atoms with Gasteiger partial charge in [0.2, 0.25) is 0 Å². The predicted octanol–water partition coefficient (Wildman–Crippen LogP) is 7.10. The van der Waals surface area contributed by atoms with Gasteiger partial charge >= 0.3 is 7.82 Å². The molecule has 0 bridgehead atoms. The molecule has 3 heterocycles. The van der Waals surface area contributed by atoms with Crippen molar-refractivity contribution in [2.24, 2.45) is 5.92 Å². The van der Waals surface area contributed by atoms with E-state index in [1.165, 1.54) is 101 Å². The van der Waals surface area contributed by atoms with Crippen LogP contribution < -0.4 is 5.73 Å². The molecule has 2 aromatic rings. The molecule has 2 aromatic heterocycles. The van der Waals surface area contributed by atoms with E-state index in [1.54, 1.807) is 19.1 Å². The second kappa shape index (κ2) is 23.2. The largest absolute Gasteiger partial charge is 0.472 e. The Morgan fingerprint density at radius 1 is 0.902 bits per heavy atom. The number of phosphoric ester groups is 1. The van der Waals surface area contributed by atoms with Gasteiger partial charge in [-0.15, -0.1) is 0 Å². The van der Waals surface area contributed by atoms with Crippen molar-refractivity contribution in [3.63, 3.8) is 0 Å². The molecule has 0 saturated carbocycles. The molecule has 14 heteroatoms. The summed E-state index contributed by atoms with van der Waals surface area (Å²) < 4.78 is 42.6. The molecular weight excluding hydrogens is 675 g/mol. The molecule has 0 aromatic carbocycles. The second-order valence-corrected chi connectivity index (χ2v) is 16.1. The fraction of sp³-hybridized carbons (Fsp3) is 0.838. The first-order valence-corrected chi connectivity index (χ1v) is 20.9. The van der Waals surface area contributed by atoms with Gasteiger partial charge in [-0.3, -0.25) is 9.05 Å². The van der Waals surface area contributed by atoms with E-state index in [2.05, 4.69) is 17.0 Å². The minimum atomic E-state index is -4.57. The lowest BCUT2D eigenvalue weighted by molar-refractivity contribution is -0.0901. The Kier molecular flexibility index (Phi) is 19.9. The van der Waals surface area contributed by atoms with E-state index in [4.69, 9.17) is 29.0 Å². The highest BCUT2D eigenvalue weighted by atomic mass is 31.2. The molecule has 0 spiro atoms. The van der Waals surface area contributed by atoms with Gasteiger partial charge in [-0.1, -0.05) is 117 Å². The molecule has 3 rings (SSSR count). The maximum atomic E-state index is 12.8. The van der Waals surface area contributed by atoms with Crippen molar-refractivity contribution in [3.8, 4) is 0 Å². The van der Waals surface area contributed by atoms with E-state index in [0.29, 0.717) is 24.4 Å². The molecule has 1 saturated heterocycles. The molecule has 5 N–H and O–H groups in total. The summed E-state index contributed by atoms with van der Waals surface area (Å²) in [7, 11) is -4.57. The van der Waals surface area contributed by atoms with Crippen molar-refractivity contribution >= 4 is 19.2 Å². The smallest absolute Gasteiger partial charge is 0.387 e. The number of ether oxygens (including phenoxy) is 3. The SMILES string of the molecule is CCCCCCCCCCCCCCCCCCOC[C@H](COP(=O)(O)OC[C@H]1O[C@@](C)(c2ccc3c(N)ncnn23)[C@H](O)[C@@H]1O)OCC(C)C. The first-order valence-electron chi connectivity index (χ1n) is 19.4. The highest BCUT2D eigenvalue weighted by Gasteiger charge is 2.54. The fourth-order valence-electron chi connectivity index (χ4n) is 6.48. The highest BCUT2D eigenvalue weighted by Crippen LogP contribution is 2.46. The lowest BCUT2D eigenvalue weighted by Gasteiger charge is -2.27. The summed E-state index contributed by atoms with van der Waals surface area (Å²) in [5, 5.41) is 25.9. The van der Waals surface area contributed by atoms with Crippen LogP contribution in [0.5, 0.6) is 0 Å². The van der Waals surface area contributed by atoms with Crippen LogP contribution in [0.4, 0.5) is 5.82 Å². The first-order chi connectivity index (χ1) is 24.5. The Balaban J connectivity index is 1.30. The number of nitrogens with zero attached hydrogens (tertiary/aromatic N) is 3. The van der Waals surface area contributed by atoms with E-state index < -0.39 is 44.4 Å². The lowest BCUT2D eigenvalue weighted by Crippen LogP contribution is -2.39. The van der Waals surface area contributed by atoms with E-state index in [-0.39, 0.29) is 24.9 Å². The zero-order chi connectivity index (χ0) is 37.1. The van der Waals surface area contributed by atoms with Gasteiger partial charge in [0.05, 0.1) is 25.5 Å². The summed E-state index contributed by atoms with van der Waals surface area (Å²) in [5.74, 6) is 0.500. The van der Waals surface area contributed by atoms with E-state index in [0.717, 1.165) is 12.8 Å². The van der Waals surface area contributed by atoms with Crippen molar-refractivity contribution in [2.75, 3.05) is 38.8 Å². The third-order valence-corrected chi connectivity index (χ3v) is 10.5. The molecule has 1 aliphatic heterocycles. The van der Waals surface area contributed by atoms with Crippen LogP contribution >= 0.6 is 7.82 Å². The van der Waals surface area contributed by atoms with Crippen molar-refractivity contribution in [1.82, 2.24) is 14.6 Å². The van der Waals surface area contributed by atoms with Crippen LogP contribution in [0.2, 0.25) is 0 Å².